The minimum Gasteiger partial charge on any atom is -0.319 e. The molecule has 0 aromatic rings. The fourth-order valence-electron chi connectivity index (χ4n) is 0.581. The van der Waals surface area contributed by atoms with E-state index in [9.17, 15) is 0 Å². The Balaban J connectivity index is 2.96. The smallest absolute Gasteiger partial charge is 0.0504 e. The molecule has 0 heterocycles. The average molecular weight is 145 g/mol. The monoisotopic (exact) mass is 145 g/mol. The third-order valence-electron chi connectivity index (χ3n) is 1.20. The van der Waals surface area contributed by atoms with E-state index >= 15 is 0 Å². The van der Waals surface area contributed by atoms with Gasteiger partial charge in [-0.3, -0.25) is 0 Å². The zero-order valence-electron chi connectivity index (χ0n) is 5.97. The van der Waals surface area contributed by atoms with Crippen molar-refractivity contribution in [1.29, 1.82) is 0 Å². The van der Waals surface area contributed by atoms with E-state index in [-0.39, 0.29) is 0 Å². The first-order valence-corrected chi connectivity index (χ1v) is 4.49. The molecule has 1 nitrogen and oxygen atoms in total. The van der Waals surface area contributed by atoms with Crippen molar-refractivity contribution in [2.75, 3.05) is 6.26 Å². The second-order valence-corrected chi connectivity index (χ2v) is 3.07. The lowest BCUT2D eigenvalue weighted by molar-refractivity contribution is 0.726. The molecule has 54 valence electrons. The topological polar surface area (TPSA) is 26.0 Å². The van der Waals surface area contributed by atoms with Crippen LogP contribution in [0, 0.1) is 0 Å². The maximum atomic E-state index is 5.64. The van der Waals surface area contributed by atoms with Gasteiger partial charge in [-0.25, -0.2) is 0 Å². The summed E-state index contributed by atoms with van der Waals surface area (Å²) in [6.45, 7) is 3.64. The van der Waals surface area contributed by atoms with Crippen LogP contribution in [0.3, 0.4) is 0 Å². The lowest BCUT2D eigenvalue weighted by atomic mass is 10.2. The highest BCUT2D eigenvalue weighted by Gasteiger charge is 1.95. The molecule has 2 heteroatoms. The maximum Gasteiger partial charge on any atom is 0.0504 e. The molecule has 0 rings (SSSR count). The predicted molar refractivity (Wildman–Crippen MR) is 45.5 cm³/mol. The van der Waals surface area contributed by atoms with Crippen molar-refractivity contribution in [3.63, 3.8) is 0 Å². The van der Waals surface area contributed by atoms with E-state index in [0.29, 0.717) is 5.37 Å². The van der Waals surface area contributed by atoms with E-state index in [0.717, 1.165) is 12.8 Å². The van der Waals surface area contributed by atoms with Crippen molar-refractivity contribution >= 4 is 11.8 Å². The summed E-state index contributed by atoms with van der Waals surface area (Å²) in [5, 5.41) is 0.324. The summed E-state index contributed by atoms with van der Waals surface area (Å²) >= 11 is 1.72. The molecule has 0 spiro atoms. The molecule has 0 radical (unpaired) electrons. The second kappa shape index (κ2) is 6.17. The Hall–Kier alpha value is 0.0500. The minimum atomic E-state index is 0.324. The summed E-state index contributed by atoms with van der Waals surface area (Å²) in [6, 6.07) is 0. The number of nitrogens with two attached hydrogens (primary N) is 1. The molecule has 0 aliphatic heterocycles. The Labute approximate surface area is 61.7 Å². The van der Waals surface area contributed by atoms with Crippen molar-refractivity contribution in [3.8, 4) is 0 Å². The fourth-order valence-corrected chi connectivity index (χ4v) is 0.984. The third kappa shape index (κ3) is 5.93. The molecule has 2 N–H and O–H groups in total. The van der Waals surface area contributed by atoms with Crippen LogP contribution in [0.2, 0.25) is 0 Å². The Morgan fingerprint density at radius 1 is 1.78 bits per heavy atom. The molecule has 0 amide bonds. The Bertz CT molecular complexity index is 73.3. The third-order valence-corrected chi connectivity index (χ3v) is 2.04. The summed E-state index contributed by atoms with van der Waals surface area (Å²) in [6.07, 6.45) is 7.35. The second-order valence-electron chi connectivity index (χ2n) is 1.99. The van der Waals surface area contributed by atoms with Crippen LogP contribution in [0.1, 0.15) is 19.3 Å². The molecule has 0 aliphatic rings. The van der Waals surface area contributed by atoms with Gasteiger partial charge in [0.1, 0.15) is 0 Å². The van der Waals surface area contributed by atoms with E-state index in [1.165, 1.54) is 6.42 Å². The lowest BCUT2D eigenvalue weighted by Crippen LogP contribution is -2.13. The van der Waals surface area contributed by atoms with Gasteiger partial charge < -0.3 is 5.73 Å². The van der Waals surface area contributed by atoms with Crippen LogP contribution in [0.5, 0.6) is 0 Å². The Kier molecular flexibility index (Phi) is 6.21. The normalized spacial score (nSPS) is 13.1. The van der Waals surface area contributed by atoms with E-state index in [2.05, 4.69) is 6.58 Å². The van der Waals surface area contributed by atoms with Crippen LogP contribution in [0.25, 0.3) is 0 Å². The Morgan fingerprint density at radius 2 is 2.44 bits per heavy atom. The standard InChI is InChI=1S/C7H15NS/c1-3-4-5-6-7(8)9-2/h3,7H,1,4-6,8H2,2H3. The molecule has 0 saturated heterocycles. The van der Waals surface area contributed by atoms with Gasteiger partial charge in [0.2, 0.25) is 0 Å². The van der Waals surface area contributed by atoms with Gasteiger partial charge in [0.05, 0.1) is 5.37 Å². The van der Waals surface area contributed by atoms with Crippen molar-refractivity contribution in [2.45, 2.75) is 24.6 Å². The highest BCUT2D eigenvalue weighted by Crippen LogP contribution is 2.07. The van der Waals surface area contributed by atoms with Crippen LogP contribution in [-0.2, 0) is 0 Å². The van der Waals surface area contributed by atoms with Crippen LogP contribution < -0.4 is 5.73 Å². The van der Waals surface area contributed by atoms with E-state index in [1.807, 2.05) is 12.3 Å². The quantitative estimate of drug-likeness (QED) is 0.364. The molecule has 0 aromatic heterocycles. The zero-order valence-corrected chi connectivity index (χ0v) is 6.79. The molecule has 0 saturated carbocycles. The molecular weight excluding hydrogens is 130 g/mol. The van der Waals surface area contributed by atoms with E-state index in [4.69, 9.17) is 5.73 Å². The number of hydrogen-bond donors (Lipinski definition) is 1. The van der Waals surface area contributed by atoms with Gasteiger partial charge in [-0.15, -0.1) is 18.3 Å². The minimum absolute atomic E-state index is 0.324. The van der Waals surface area contributed by atoms with E-state index in [1.54, 1.807) is 11.8 Å². The average Bonchev–Trinajstić information content (AvgIpc) is 1.89. The first-order chi connectivity index (χ1) is 4.31. The summed E-state index contributed by atoms with van der Waals surface area (Å²) in [4.78, 5) is 0. The van der Waals surface area contributed by atoms with Crippen molar-refractivity contribution in [2.24, 2.45) is 5.73 Å². The highest BCUT2D eigenvalue weighted by molar-refractivity contribution is 7.99. The molecule has 9 heavy (non-hydrogen) atoms. The van der Waals surface area contributed by atoms with Gasteiger partial charge in [-0.05, 0) is 25.5 Å². The zero-order chi connectivity index (χ0) is 7.11. The first-order valence-electron chi connectivity index (χ1n) is 3.20. The van der Waals surface area contributed by atoms with Gasteiger partial charge in [0.15, 0.2) is 0 Å². The van der Waals surface area contributed by atoms with Crippen LogP contribution in [0.15, 0.2) is 12.7 Å². The van der Waals surface area contributed by atoms with Crippen LogP contribution >= 0.6 is 11.8 Å². The number of thioether (sulfide) groups is 1. The van der Waals surface area contributed by atoms with Gasteiger partial charge in [-0.1, -0.05) is 6.08 Å². The van der Waals surface area contributed by atoms with Gasteiger partial charge in [0.25, 0.3) is 0 Å². The van der Waals surface area contributed by atoms with Crippen molar-refractivity contribution in [3.05, 3.63) is 12.7 Å². The molecular formula is C7H15NS. The lowest BCUT2D eigenvalue weighted by Gasteiger charge is -2.04. The SMILES string of the molecule is C=CCCCC(N)SC. The number of hydrogen-bond acceptors (Lipinski definition) is 2. The summed E-state index contributed by atoms with van der Waals surface area (Å²) in [5.41, 5.74) is 5.64. The van der Waals surface area contributed by atoms with Gasteiger partial charge in [0, 0.05) is 0 Å². The van der Waals surface area contributed by atoms with E-state index < -0.39 is 0 Å². The molecule has 0 aromatic carbocycles. The number of unbranched alkanes of at least 4 members (excludes halogenated alkanes) is 1. The molecule has 0 fully saturated rings. The number of rotatable bonds is 5. The van der Waals surface area contributed by atoms with Crippen molar-refractivity contribution in [1.82, 2.24) is 0 Å². The molecule has 1 atom stereocenters. The Morgan fingerprint density at radius 3 is 2.89 bits per heavy atom. The summed E-state index contributed by atoms with van der Waals surface area (Å²) in [5.74, 6) is 0. The maximum absolute atomic E-state index is 5.64. The molecule has 1 unspecified atom stereocenters. The summed E-state index contributed by atoms with van der Waals surface area (Å²) in [7, 11) is 0. The van der Waals surface area contributed by atoms with Crippen molar-refractivity contribution < 1.29 is 0 Å². The largest absolute Gasteiger partial charge is 0.319 e. The van der Waals surface area contributed by atoms with Crippen LogP contribution in [0.4, 0.5) is 0 Å². The highest BCUT2D eigenvalue weighted by atomic mass is 32.2. The molecule has 0 aliphatic carbocycles. The predicted octanol–water partition coefficient (Wildman–Crippen LogP) is 1.99. The van der Waals surface area contributed by atoms with Gasteiger partial charge in [-0.2, -0.15) is 0 Å². The van der Waals surface area contributed by atoms with Crippen LogP contribution in [-0.4, -0.2) is 11.6 Å². The number of allylic oxidation sites excluding steroid dienone is 1. The first kappa shape index (κ1) is 9.05. The van der Waals surface area contributed by atoms with Gasteiger partial charge >= 0.3 is 0 Å². The summed E-state index contributed by atoms with van der Waals surface area (Å²) < 4.78 is 0. The fraction of sp³-hybridized carbons (Fsp3) is 0.714. The molecule has 0 bridgehead atoms.